The largest absolute Gasteiger partial charge is 0.355 e. The third kappa shape index (κ3) is 3.77. The number of nitrogens with two attached hydrogens (primary N) is 1. The molecule has 0 atom stereocenters. The maximum Gasteiger partial charge on any atom is 0.258 e. The van der Waals surface area contributed by atoms with Crippen LogP contribution in [0.3, 0.4) is 0 Å². The Labute approximate surface area is 187 Å². The molecule has 0 saturated carbocycles. The number of rotatable bonds is 4. The molecule has 8 nitrogen and oxygen atoms in total. The van der Waals surface area contributed by atoms with Crippen molar-refractivity contribution < 1.29 is 13.2 Å². The standard InChI is InChI=1S/C20H15Cl2N5O3S/c1-24-19(28)16-18-25-10-14(13-4-2-3-5-15(13)22)17(11-6-8-12(21)9-7-11)27(18)26-20(16)31(23,29)30/h2-10H,1H3,(H,24,28)(H2,23,29,30). The molecule has 0 aliphatic rings. The smallest absolute Gasteiger partial charge is 0.258 e. The van der Waals surface area contributed by atoms with Crippen LogP contribution in [0.2, 0.25) is 10.0 Å². The molecule has 0 aliphatic carbocycles. The van der Waals surface area contributed by atoms with Gasteiger partial charge in [-0.1, -0.05) is 53.5 Å². The Hall–Kier alpha value is -2.98. The fourth-order valence-electron chi connectivity index (χ4n) is 3.25. The molecule has 158 valence electrons. The lowest BCUT2D eigenvalue weighted by atomic mass is 10.0. The number of benzene rings is 2. The molecule has 0 bridgehead atoms. The Kier molecular flexibility index (Phi) is 5.44. The van der Waals surface area contributed by atoms with Crippen LogP contribution in [0.4, 0.5) is 0 Å². The van der Waals surface area contributed by atoms with Crippen LogP contribution in [0.5, 0.6) is 0 Å². The average molecular weight is 476 g/mol. The Balaban J connectivity index is 2.18. The van der Waals surface area contributed by atoms with Crippen molar-refractivity contribution in [2.24, 2.45) is 5.14 Å². The van der Waals surface area contributed by atoms with E-state index in [0.717, 1.165) is 0 Å². The quantitative estimate of drug-likeness (QED) is 0.468. The van der Waals surface area contributed by atoms with Gasteiger partial charge >= 0.3 is 0 Å². The Bertz CT molecular complexity index is 1430. The number of halogens is 2. The summed E-state index contributed by atoms with van der Waals surface area (Å²) >= 11 is 12.5. The van der Waals surface area contributed by atoms with Crippen molar-refractivity contribution in [3.8, 4) is 22.4 Å². The van der Waals surface area contributed by atoms with Crippen LogP contribution in [0, 0.1) is 0 Å². The molecule has 2 aromatic carbocycles. The van der Waals surface area contributed by atoms with Crippen LogP contribution in [0.25, 0.3) is 28.0 Å². The SMILES string of the molecule is CNC(=O)c1c(S(N)(=O)=O)nn2c(-c3ccc(Cl)cc3)c(-c3ccccc3Cl)cnc12. The summed E-state index contributed by atoms with van der Waals surface area (Å²) in [5.41, 5.74) is 2.13. The molecular formula is C20H15Cl2N5O3S. The molecule has 0 spiro atoms. The first-order valence-corrected chi connectivity index (χ1v) is 11.2. The third-order valence-electron chi connectivity index (χ3n) is 4.62. The van der Waals surface area contributed by atoms with Gasteiger partial charge in [-0.15, -0.1) is 0 Å². The number of fused-ring (bicyclic) bond motifs is 1. The Morgan fingerprint density at radius 3 is 2.35 bits per heavy atom. The first kappa shape index (κ1) is 21.3. The van der Waals surface area contributed by atoms with Gasteiger partial charge < -0.3 is 5.32 Å². The summed E-state index contributed by atoms with van der Waals surface area (Å²) in [5, 5.41) is 12.3. The highest BCUT2D eigenvalue weighted by Crippen LogP contribution is 2.37. The number of hydrogen-bond acceptors (Lipinski definition) is 5. The number of hydrogen-bond donors (Lipinski definition) is 2. The molecule has 31 heavy (non-hydrogen) atoms. The van der Waals surface area contributed by atoms with Gasteiger partial charge in [0.05, 0.1) is 5.69 Å². The highest BCUT2D eigenvalue weighted by Gasteiger charge is 2.29. The number of nitrogens with one attached hydrogen (secondary N) is 1. The van der Waals surface area contributed by atoms with E-state index < -0.39 is 21.0 Å². The number of carbonyl (C=O) groups excluding carboxylic acids is 1. The van der Waals surface area contributed by atoms with E-state index >= 15 is 0 Å². The summed E-state index contributed by atoms with van der Waals surface area (Å²) in [6, 6.07) is 14.0. The lowest BCUT2D eigenvalue weighted by molar-refractivity contribution is 0.0961. The highest BCUT2D eigenvalue weighted by atomic mass is 35.5. The third-order valence-corrected chi connectivity index (χ3v) is 6.02. The molecule has 11 heteroatoms. The van der Waals surface area contributed by atoms with E-state index in [2.05, 4.69) is 15.4 Å². The number of aromatic nitrogens is 3. The van der Waals surface area contributed by atoms with Gasteiger partial charge in [0, 0.05) is 40.0 Å². The van der Waals surface area contributed by atoms with Crippen molar-refractivity contribution in [1.29, 1.82) is 0 Å². The minimum absolute atomic E-state index is 0.0316. The minimum Gasteiger partial charge on any atom is -0.355 e. The molecule has 4 aromatic rings. The summed E-state index contributed by atoms with van der Waals surface area (Å²) in [6.45, 7) is 0. The number of amides is 1. The van der Waals surface area contributed by atoms with Crippen molar-refractivity contribution in [1.82, 2.24) is 19.9 Å². The van der Waals surface area contributed by atoms with Crippen molar-refractivity contribution in [2.45, 2.75) is 5.03 Å². The number of sulfonamides is 1. The molecule has 0 unspecified atom stereocenters. The van der Waals surface area contributed by atoms with Gasteiger partial charge in [0.25, 0.3) is 15.9 Å². The summed E-state index contributed by atoms with van der Waals surface area (Å²) in [7, 11) is -2.95. The van der Waals surface area contributed by atoms with Crippen molar-refractivity contribution in [2.75, 3.05) is 7.05 Å². The van der Waals surface area contributed by atoms with E-state index in [9.17, 15) is 13.2 Å². The zero-order chi connectivity index (χ0) is 22.3. The molecule has 1 amide bonds. The molecule has 3 N–H and O–H groups in total. The zero-order valence-electron chi connectivity index (χ0n) is 16.0. The second-order valence-electron chi connectivity index (χ2n) is 6.55. The van der Waals surface area contributed by atoms with Crippen LogP contribution in [0.15, 0.2) is 59.8 Å². The molecule has 0 aliphatic heterocycles. The lowest BCUT2D eigenvalue weighted by Gasteiger charge is -2.13. The van der Waals surface area contributed by atoms with E-state index in [1.807, 2.05) is 6.07 Å². The van der Waals surface area contributed by atoms with Crippen LogP contribution >= 0.6 is 23.2 Å². The zero-order valence-corrected chi connectivity index (χ0v) is 18.3. The fraction of sp³-hybridized carbons (Fsp3) is 0.0500. The fourth-order valence-corrected chi connectivity index (χ4v) is 4.28. The predicted molar refractivity (Wildman–Crippen MR) is 119 cm³/mol. The van der Waals surface area contributed by atoms with E-state index in [1.165, 1.54) is 17.8 Å². The average Bonchev–Trinajstić information content (AvgIpc) is 3.14. The summed E-state index contributed by atoms with van der Waals surface area (Å²) < 4.78 is 25.7. The molecule has 0 fully saturated rings. The topological polar surface area (TPSA) is 119 Å². The lowest BCUT2D eigenvalue weighted by Crippen LogP contribution is -2.23. The number of nitrogens with zero attached hydrogens (tertiary/aromatic N) is 3. The normalized spacial score (nSPS) is 11.6. The highest BCUT2D eigenvalue weighted by molar-refractivity contribution is 7.89. The minimum atomic E-state index is -4.32. The van der Waals surface area contributed by atoms with Gasteiger partial charge in [-0.05, 0) is 18.2 Å². The Morgan fingerprint density at radius 1 is 1.06 bits per heavy atom. The van der Waals surface area contributed by atoms with Gasteiger partial charge in [0.15, 0.2) is 5.65 Å². The molecule has 0 saturated heterocycles. The van der Waals surface area contributed by atoms with Gasteiger partial charge in [-0.3, -0.25) is 4.79 Å². The second kappa shape index (κ2) is 7.93. The number of primary sulfonamides is 1. The molecule has 2 heterocycles. The van der Waals surface area contributed by atoms with Gasteiger partial charge in [-0.2, -0.15) is 5.10 Å². The van der Waals surface area contributed by atoms with Crippen LogP contribution in [-0.2, 0) is 10.0 Å². The van der Waals surface area contributed by atoms with Gasteiger partial charge in [0.2, 0.25) is 5.03 Å². The van der Waals surface area contributed by atoms with Crippen LogP contribution in [0.1, 0.15) is 10.4 Å². The Morgan fingerprint density at radius 2 is 1.74 bits per heavy atom. The van der Waals surface area contributed by atoms with E-state index in [-0.39, 0.29) is 11.2 Å². The summed E-state index contributed by atoms with van der Waals surface area (Å²) in [6.07, 6.45) is 1.52. The van der Waals surface area contributed by atoms with Crippen molar-refractivity contribution in [3.05, 3.63) is 70.3 Å². The maximum atomic E-state index is 12.5. The van der Waals surface area contributed by atoms with Gasteiger partial charge in [0.1, 0.15) is 5.56 Å². The van der Waals surface area contributed by atoms with Crippen LogP contribution in [-0.4, -0.2) is 36.0 Å². The van der Waals surface area contributed by atoms with Crippen LogP contribution < -0.4 is 10.5 Å². The van der Waals surface area contributed by atoms with E-state index in [4.69, 9.17) is 28.3 Å². The first-order chi connectivity index (χ1) is 14.7. The molecule has 0 radical (unpaired) electrons. The van der Waals surface area contributed by atoms with Crippen molar-refractivity contribution >= 4 is 44.8 Å². The molecular weight excluding hydrogens is 461 g/mol. The first-order valence-electron chi connectivity index (χ1n) is 8.90. The van der Waals surface area contributed by atoms with E-state index in [1.54, 1.807) is 42.5 Å². The maximum absolute atomic E-state index is 12.5. The number of carbonyl (C=O) groups is 1. The predicted octanol–water partition coefficient (Wildman–Crippen LogP) is 3.38. The summed E-state index contributed by atoms with van der Waals surface area (Å²) in [4.78, 5) is 16.8. The van der Waals surface area contributed by atoms with E-state index in [0.29, 0.717) is 32.4 Å². The monoisotopic (exact) mass is 475 g/mol. The summed E-state index contributed by atoms with van der Waals surface area (Å²) in [5.74, 6) is -0.681. The van der Waals surface area contributed by atoms with Crippen molar-refractivity contribution in [3.63, 3.8) is 0 Å². The molecule has 2 aromatic heterocycles. The molecule has 4 rings (SSSR count). The second-order valence-corrected chi connectivity index (χ2v) is 8.87. The van der Waals surface area contributed by atoms with Gasteiger partial charge in [-0.25, -0.2) is 23.1 Å².